The molecule has 2 atom stereocenters. The molecule has 0 radical (unpaired) electrons. The van der Waals surface area contributed by atoms with Crippen LogP contribution in [0, 0.1) is 0 Å². The molecule has 1 fully saturated rings. The van der Waals surface area contributed by atoms with Crippen LogP contribution in [0.3, 0.4) is 0 Å². The highest BCUT2D eigenvalue weighted by molar-refractivity contribution is 8.01. The molecule has 0 spiro atoms. The van der Waals surface area contributed by atoms with Crippen LogP contribution in [0.5, 0.6) is 0 Å². The molecule has 2 aromatic rings. The lowest BCUT2D eigenvalue weighted by molar-refractivity contribution is -0.150. The highest BCUT2D eigenvalue weighted by Gasteiger charge is 2.54. The number of carbonyl (C=O) groups is 3. The summed E-state index contributed by atoms with van der Waals surface area (Å²) in [4.78, 5) is 47.6. The van der Waals surface area contributed by atoms with E-state index in [2.05, 4.69) is 35.4 Å². The molecular weight excluding hydrogens is 541 g/mol. The Morgan fingerprint density at radius 2 is 2.23 bits per heavy atom. The first kappa shape index (κ1) is 25.2. The molecule has 19 heteroatoms. The van der Waals surface area contributed by atoms with Crippen molar-refractivity contribution in [1.29, 1.82) is 0 Å². The lowest BCUT2D eigenvalue weighted by Crippen LogP contribution is -2.71. The number of thioether (sulfide) groups is 3. The number of nitrogens with two attached hydrogens (primary N) is 1. The Labute approximate surface area is 214 Å². The summed E-state index contributed by atoms with van der Waals surface area (Å²) in [5.74, 6) is -1.37. The quantitative estimate of drug-likeness (QED) is 0.143. The van der Waals surface area contributed by atoms with Crippen LogP contribution < -0.4 is 11.1 Å². The predicted octanol–water partition coefficient (Wildman–Crippen LogP) is -0.691. The van der Waals surface area contributed by atoms with Crippen LogP contribution in [-0.2, 0) is 25.1 Å². The molecule has 2 aliphatic heterocycles. The number of nitrogen functional groups attached to an aromatic ring is 1. The smallest absolute Gasteiger partial charge is 0.352 e. The number of hydrogen-bond donors (Lipinski definition) is 3. The van der Waals surface area contributed by atoms with E-state index in [4.69, 9.17) is 10.6 Å². The van der Waals surface area contributed by atoms with Gasteiger partial charge < -0.3 is 21.0 Å². The second-order valence-electron chi connectivity index (χ2n) is 6.86. The monoisotopic (exact) mass is 558 g/mol. The fraction of sp³-hybridized carbons (Fsp3) is 0.438. The molecule has 35 heavy (non-hydrogen) atoms. The number of fused-ring (bicyclic) bond motifs is 1. The summed E-state index contributed by atoms with van der Waals surface area (Å²) in [5, 5.41) is 27.7. The summed E-state index contributed by atoms with van der Waals surface area (Å²) in [6.45, 7) is 0. The van der Waals surface area contributed by atoms with E-state index in [9.17, 15) is 19.5 Å². The Hall–Kier alpha value is -2.90. The van der Waals surface area contributed by atoms with Gasteiger partial charge in [0.25, 0.3) is 11.8 Å². The van der Waals surface area contributed by atoms with Gasteiger partial charge in [-0.1, -0.05) is 16.9 Å². The minimum Gasteiger partial charge on any atom is -0.477 e. The first-order valence-corrected chi connectivity index (χ1v) is 13.8. The number of carboxylic acid groups (broad SMARTS) is 1. The number of nitrogens with one attached hydrogen (secondary N) is 1. The molecule has 2 aliphatic rings. The van der Waals surface area contributed by atoms with Gasteiger partial charge in [-0.2, -0.15) is 9.36 Å². The summed E-state index contributed by atoms with van der Waals surface area (Å²) >= 11 is 5.05. The first-order valence-electron chi connectivity index (χ1n) is 9.65. The maximum Gasteiger partial charge on any atom is 0.352 e. The van der Waals surface area contributed by atoms with E-state index in [1.54, 1.807) is 4.68 Å². The van der Waals surface area contributed by atoms with Gasteiger partial charge in [-0.25, -0.2) is 9.48 Å². The van der Waals surface area contributed by atoms with Gasteiger partial charge in [0.15, 0.2) is 5.13 Å². The number of hydrogen-bond acceptors (Lipinski definition) is 15. The molecule has 4 N–H and O–H groups in total. The van der Waals surface area contributed by atoms with Crippen LogP contribution in [0.1, 0.15) is 5.82 Å². The maximum atomic E-state index is 12.9. The molecule has 0 aliphatic carbocycles. The van der Waals surface area contributed by atoms with Crippen molar-refractivity contribution in [2.75, 3.05) is 30.6 Å². The number of carboxylic acids is 1. The second kappa shape index (κ2) is 10.8. The minimum absolute atomic E-state index is 0.0407. The Bertz CT molecular complexity index is 1210. The number of rotatable bonds is 10. The predicted molar refractivity (Wildman–Crippen MR) is 130 cm³/mol. The number of amides is 2. The number of carbonyl (C=O) groups excluding carboxylic acids is 2. The van der Waals surface area contributed by atoms with Crippen molar-refractivity contribution in [3.8, 4) is 0 Å². The van der Waals surface area contributed by atoms with Gasteiger partial charge in [-0.3, -0.25) is 14.5 Å². The van der Waals surface area contributed by atoms with E-state index in [-0.39, 0.29) is 22.4 Å². The number of aromatic nitrogens is 6. The molecule has 0 saturated carbocycles. The van der Waals surface area contributed by atoms with Crippen molar-refractivity contribution in [3.63, 3.8) is 0 Å². The number of tetrazole rings is 1. The molecule has 1 saturated heterocycles. The third-order valence-corrected chi connectivity index (χ3v) is 8.14. The third-order valence-electron chi connectivity index (χ3n) is 4.71. The summed E-state index contributed by atoms with van der Waals surface area (Å²) in [7, 11) is 1.25. The van der Waals surface area contributed by atoms with Gasteiger partial charge in [0, 0.05) is 23.0 Å². The molecule has 1 unspecified atom stereocenters. The Morgan fingerprint density at radius 1 is 1.43 bits per heavy atom. The molecule has 0 bridgehead atoms. The number of anilines is 1. The number of aliphatic carboxylic acids is 1. The number of oxime groups is 1. The lowest BCUT2D eigenvalue weighted by atomic mass is 10.0. The molecule has 2 aromatic heterocycles. The zero-order valence-corrected chi connectivity index (χ0v) is 21.4. The normalized spacial score (nSPS) is 19.9. The van der Waals surface area contributed by atoms with Crippen LogP contribution in [0.2, 0.25) is 0 Å². The van der Waals surface area contributed by atoms with Crippen molar-refractivity contribution in [1.82, 2.24) is 39.8 Å². The Morgan fingerprint density at radius 3 is 2.89 bits per heavy atom. The van der Waals surface area contributed by atoms with Crippen LogP contribution in [0.25, 0.3) is 0 Å². The van der Waals surface area contributed by atoms with Gasteiger partial charge >= 0.3 is 5.97 Å². The molecule has 2 amide bonds. The standard InChI is InChI=1S/C16H18N10O5S4/c1-31-21-7(10-19-15(17)35-22-10)11(27)18-8-12(28)26-9(14(29)30)6(3-33-13(8)26)4-34-16-20-23-24-25(16)5-32-2/h8,13H,3-5H2,1-2H3,(H,18,27)(H,29,30)(H2,17,19,22)/t8?,13-/m1/s1. The molecular formula is C16H18N10O5S4. The molecule has 4 heterocycles. The topological polar surface area (TPSA) is 204 Å². The first-order chi connectivity index (χ1) is 16.8. The average Bonchev–Trinajstić information content (AvgIpc) is 3.47. The summed E-state index contributed by atoms with van der Waals surface area (Å²) < 4.78 is 5.55. The van der Waals surface area contributed by atoms with Crippen molar-refractivity contribution in [2.24, 2.45) is 5.16 Å². The van der Waals surface area contributed by atoms with Crippen molar-refractivity contribution >= 4 is 75.4 Å². The van der Waals surface area contributed by atoms with Crippen LogP contribution in [-0.4, -0.2) is 99.4 Å². The Kier molecular flexibility index (Phi) is 7.77. The van der Waals surface area contributed by atoms with Gasteiger partial charge in [-0.15, -0.1) is 28.6 Å². The van der Waals surface area contributed by atoms with Crippen LogP contribution >= 0.6 is 46.8 Å². The van der Waals surface area contributed by atoms with E-state index in [0.717, 1.165) is 11.5 Å². The highest BCUT2D eigenvalue weighted by atomic mass is 32.2. The molecule has 15 nitrogen and oxygen atoms in total. The van der Waals surface area contributed by atoms with Crippen molar-refractivity contribution in [3.05, 3.63) is 17.1 Å². The summed E-state index contributed by atoms with van der Waals surface area (Å²) in [5.41, 5.74) is 5.79. The van der Waals surface area contributed by atoms with Crippen LogP contribution in [0.15, 0.2) is 21.6 Å². The Balaban J connectivity index is 1.48. The van der Waals surface area contributed by atoms with E-state index in [1.807, 2.05) is 6.26 Å². The van der Waals surface area contributed by atoms with E-state index >= 15 is 0 Å². The highest BCUT2D eigenvalue weighted by Crippen LogP contribution is 2.41. The summed E-state index contributed by atoms with van der Waals surface area (Å²) in [6.07, 6.45) is 1.91. The molecule has 4 rings (SSSR count). The number of nitrogens with zero attached hydrogens (tertiary/aromatic N) is 8. The van der Waals surface area contributed by atoms with Gasteiger partial charge in [0.1, 0.15) is 24.2 Å². The van der Waals surface area contributed by atoms with Gasteiger partial charge in [-0.05, 0) is 22.3 Å². The lowest BCUT2D eigenvalue weighted by Gasteiger charge is -2.49. The number of β-lactam (4-membered cyclic amide) rings is 1. The van der Waals surface area contributed by atoms with E-state index in [1.165, 1.54) is 47.3 Å². The fourth-order valence-corrected chi connectivity index (χ4v) is 6.56. The van der Waals surface area contributed by atoms with Crippen molar-refractivity contribution in [2.45, 2.75) is 22.4 Å². The third kappa shape index (κ3) is 5.07. The zero-order valence-electron chi connectivity index (χ0n) is 18.1. The maximum absolute atomic E-state index is 12.9. The van der Waals surface area contributed by atoms with Crippen LogP contribution in [0.4, 0.5) is 5.13 Å². The SMILES string of the molecule is CON=C(C(=O)NC1C(=O)N2C(C(=O)O)=C(CSc3nnnn3CSC)CS[C@H]12)c1nsc(N)n1. The van der Waals surface area contributed by atoms with E-state index in [0.29, 0.717) is 28.1 Å². The fourth-order valence-electron chi connectivity index (χ4n) is 3.27. The van der Waals surface area contributed by atoms with Crippen molar-refractivity contribution < 1.29 is 24.3 Å². The zero-order chi connectivity index (χ0) is 25.1. The summed E-state index contributed by atoms with van der Waals surface area (Å²) in [6, 6.07) is -0.956. The largest absolute Gasteiger partial charge is 0.477 e. The molecule has 0 aromatic carbocycles. The van der Waals surface area contributed by atoms with Gasteiger partial charge in [0.2, 0.25) is 16.7 Å². The molecule has 186 valence electrons. The van der Waals surface area contributed by atoms with Gasteiger partial charge in [0.05, 0.1) is 5.88 Å². The average molecular weight is 559 g/mol. The van der Waals surface area contributed by atoms with E-state index < -0.39 is 29.2 Å². The minimum atomic E-state index is -1.23. The second-order valence-corrected chi connectivity index (χ2v) is 10.5.